The summed E-state index contributed by atoms with van der Waals surface area (Å²) in [6.45, 7) is -0.217. The first-order chi connectivity index (χ1) is 21.8. The van der Waals surface area contributed by atoms with Crippen LogP contribution in [-0.4, -0.2) is 34.6 Å². The minimum absolute atomic E-state index is 0.0165. The number of thioether (sulfide) groups is 1. The van der Waals surface area contributed by atoms with Gasteiger partial charge < -0.3 is 15.0 Å². The van der Waals surface area contributed by atoms with E-state index < -0.39 is 17.7 Å². The number of benzene rings is 3. The van der Waals surface area contributed by atoms with Gasteiger partial charge in [-0.1, -0.05) is 45.5 Å². The molecule has 2 saturated carbocycles. The third kappa shape index (κ3) is 4.68. The van der Waals surface area contributed by atoms with E-state index in [0.29, 0.717) is 17.1 Å². The van der Waals surface area contributed by atoms with E-state index in [0.717, 1.165) is 37.7 Å². The van der Waals surface area contributed by atoms with Crippen LogP contribution in [0.5, 0.6) is 5.75 Å². The summed E-state index contributed by atoms with van der Waals surface area (Å²) in [5.74, 6) is -2.19. The van der Waals surface area contributed by atoms with Crippen LogP contribution in [0.25, 0.3) is 0 Å². The van der Waals surface area contributed by atoms with Crippen LogP contribution in [0.15, 0.2) is 87.1 Å². The maximum Gasteiger partial charge on any atom is 0.305 e. The Morgan fingerprint density at radius 3 is 2.49 bits per heavy atom. The van der Waals surface area contributed by atoms with Gasteiger partial charge in [0.2, 0.25) is 11.8 Å². The van der Waals surface area contributed by atoms with Crippen molar-refractivity contribution in [3.63, 3.8) is 0 Å². The molecule has 3 fully saturated rings. The van der Waals surface area contributed by atoms with Gasteiger partial charge in [0, 0.05) is 31.8 Å². The average Bonchev–Trinajstić information content (AvgIpc) is 3.76. The SMILES string of the molecule is O=C(COc1ccc(Br)cc1[C@H]1c2sc(=O)[nH]c2SC2C1[C@H]1C[C@@H]2C2C(=O)N(c3ccc(F)cc3)C(=O)C21)Nc1ccccc1. The molecule has 1 aromatic heterocycles. The van der Waals surface area contributed by atoms with Crippen LogP contribution in [-0.2, 0) is 14.4 Å². The molecule has 4 unspecified atom stereocenters. The van der Waals surface area contributed by atoms with Gasteiger partial charge in [-0.25, -0.2) is 4.39 Å². The summed E-state index contributed by atoms with van der Waals surface area (Å²) in [6.07, 6.45) is 0.728. The first-order valence-electron chi connectivity index (χ1n) is 14.6. The number of imide groups is 1. The molecule has 2 bridgehead atoms. The highest BCUT2D eigenvalue weighted by Gasteiger charge is 2.69. The quantitative estimate of drug-likeness (QED) is 0.237. The van der Waals surface area contributed by atoms with E-state index in [-0.39, 0.29) is 58.1 Å². The average molecular weight is 707 g/mol. The fourth-order valence-electron chi connectivity index (χ4n) is 7.97. The fraction of sp³-hybridized carbons (Fsp3) is 0.273. The number of fused-ring (bicyclic) bond motifs is 9. The molecule has 1 saturated heterocycles. The molecule has 8 nitrogen and oxygen atoms in total. The minimum Gasteiger partial charge on any atom is -0.483 e. The maximum atomic E-state index is 14.0. The Bertz CT molecular complexity index is 1920. The van der Waals surface area contributed by atoms with Gasteiger partial charge in [0.1, 0.15) is 11.6 Å². The molecular weight excluding hydrogens is 681 g/mol. The molecule has 8 rings (SSSR count). The van der Waals surface area contributed by atoms with Crippen LogP contribution < -0.4 is 19.8 Å². The molecule has 228 valence electrons. The number of ether oxygens (including phenoxy) is 1. The molecule has 0 radical (unpaired) electrons. The summed E-state index contributed by atoms with van der Waals surface area (Å²) in [7, 11) is 0. The monoisotopic (exact) mass is 705 g/mol. The van der Waals surface area contributed by atoms with Gasteiger partial charge in [0.15, 0.2) is 6.61 Å². The van der Waals surface area contributed by atoms with Gasteiger partial charge in [-0.15, -0.1) is 11.8 Å². The highest BCUT2D eigenvalue weighted by atomic mass is 79.9. The molecule has 3 amide bonds. The maximum absolute atomic E-state index is 14.0. The number of para-hydroxylation sites is 1. The Kier molecular flexibility index (Phi) is 6.99. The van der Waals surface area contributed by atoms with Crippen LogP contribution in [0.4, 0.5) is 15.8 Å². The van der Waals surface area contributed by atoms with Crippen molar-refractivity contribution in [1.29, 1.82) is 0 Å². The summed E-state index contributed by atoms with van der Waals surface area (Å²) in [5, 5.41) is 3.60. The molecule has 3 aromatic carbocycles. The second kappa shape index (κ2) is 11.0. The van der Waals surface area contributed by atoms with E-state index in [1.165, 1.54) is 29.2 Å². The normalized spacial score (nSPS) is 27.7. The number of anilines is 2. The first kappa shape index (κ1) is 28.7. The largest absolute Gasteiger partial charge is 0.483 e. The van der Waals surface area contributed by atoms with Crippen molar-refractivity contribution in [2.45, 2.75) is 22.6 Å². The Hall–Kier alpha value is -3.74. The number of carbonyl (C=O) groups excluding carboxylic acids is 3. The van der Waals surface area contributed by atoms with Crippen LogP contribution in [0.3, 0.4) is 0 Å². The van der Waals surface area contributed by atoms with Crippen molar-refractivity contribution in [3.05, 3.63) is 103 Å². The smallest absolute Gasteiger partial charge is 0.305 e. The number of amides is 3. The highest BCUT2D eigenvalue weighted by Crippen LogP contribution is 2.69. The summed E-state index contributed by atoms with van der Waals surface area (Å²) < 4.78 is 20.6. The van der Waals surface area contributed by atoms with Crippen LogP contribution >= 0.6 is 39.0 Å². The fourth-order valence-corrected chi connectivity index (χ4v) is 11.2. The second-order valence-corrected chi connectivity index (χ2v) is 15.0. The van der Waals surface area contributed by atoms with Crippen LogP contribution in [0.1, 0.15) is 22.8 Å². The molecule has 0 spiro atoms. The summed E-state index contributed by atoms with van der Waals surface area (Å²) in [6, 6.07) is 20.2. The standard InChI is InChI=1S/C33H25BrFN3O5S2/c34-15-6-11-22(43-14-23(39)36-17-4-2-1-3-5-17)19(12-15)24-25-20-13-21(28(25)44-30-29(24)45-33(42)37-30)27-26(20)31(40)38(32(27)41)18-9-7-16(35)8-10-18/h1-12,20-21,24-28H,13-14H2,(H,36,39)(H,37,42)/t20-,21-,24-,25?,26?,27?,28?/m1/s1. The predicted molar refractivity (Wildman–Crippen MR) is 172 cm³/mol. The lowest BCUT2D eigenvalue weighted by Gasteiger charge is -2.43. The molecule has 2 aliphatic heterocycles. The van der Waals surface area contributed by atoms with Gasteiger partial charge in [0.25, 0.3) is 5.91 Å². The molecule has 2 N–H and O–H groups in total. The lowest BCUT2D eigenvalue weighted by Crippen LogP contribution is -2.42. The van der Waals surface area contributed by atoms with Crippen molar-refractivity contribution in [2.24, 2.45) is 29.6 Å². The zero-order valence-electron chi connectivity index (χ0n) is 23.4. The van der Waals surface area contributed by atoms with Crippen molar-refractivity contribution in [2.75, 3.05) is 16.8 Å². The zero-order chi connectivity index (χ0) is 31.0. The third-order valence-electron chi connectivity index (χ3n) is 9.53. The van der Waals surface area contributed by atoms with E-state index in [9.17, 15) is 23.6 Å². The number of nitrogens with zero attached hydrogens (tertiary/aromatic N) is 1. The Labute approximate surface area is 273 Å². The van der Waals surface area contributed by atoms with E-state index in [4.69, 9.17) is 4.74 Å². The van der Waals surface area contributed by atoms with Crippen molar-refractivity contribution in [1.82, 2.24) is 4.98 Å². The molecular formula is C33H25BrFN3O5S2. The molecule has 3 heterocycles. The van der Waals surface area contributed by atoms with Gasteiger partial charge in [-0.05, 0) is 78.8 Å². The lowest BCUT2D eigenvalue weighted by molar-refractivity contribution is -0.123. The number of aromatic amines is 1. The Balaban J connectivity index is 1.15. The van der Waals surface area contributed by atoms with Gasteiger partial charge in [-0.2, -0.15) is 0 Å². The van der Waals surface area contributed by atoms with Crippen molar-refractivity contribution >= 4 is 68.1 Å². The number of rotatable bonds is 6. The molecule has 45 heavy (non-hydrogen) atoms. The molecule has 4 aromatic rings. The minimum atomic E-state index is -0.498. The van der Waals surface area contributed by atoms with Crippen molar-refractivity contribution in [3.8, 4) is 5.75 Å². The topological polar surface area (TPSA) is 109 Å². The highest BCUT2D eigenvalue weighted by molar-refractivity contribution is 9.10. The third-order valence-corrected chi connectivity index (χ3v) is 12.6. The van der Waals surface area contributed by atoms with Gasteiger partial charge in [0.05, 0.1) is 22.5 Å². The number of hydrogen-bond acceptors (Lipinski definition) is 7. The van der Waals surface area contributed by atoms with Crippen LogP contribution in [0, 0.1) is 35.4 Å². The Morgan fingerprint density at radius 1 is 1.00 bits per heavy atom. The first-order valence-corrected chi connectivity index (χ1v) is 17.1. The van der Waals surface area contributed by atoms with Gasteiger partial charge in [-0.3, -0.25) is 24.1 Å². The number of carbonyl (C=O) groups is 3. The number of thiazole rings is 1. The number of halogens is 2. The van der Waals surface area contributed by atoms with E-state index >= 15 is 0 Å². The molecule has 4 aliphatic rings. The van der Waals surface area contributed by atoms with Crippen LogP contribution in [0.2, 0.25) is 0 Å². The number of hydrogen-bond donors (Lipinski definition) is 2. The lowest BCUT2D eigenvalue weighted by atomic mass is 9.68. The number of nitrogens with one attached hydrogen (secondary N) is 2. The second-order valence-electron chi connectivity index (χ2n) is 11.8. The molecule has 2 aliphatic carbocycles. The van der Waals surface area contributed by atoms with Crippen molar-refractivity contribution < 1.29 is 23.5 Å². The summed E-state index contributed by atoms with van der Waals surface area (Å²) >= 11 is 6.36. The summed E-state index contributed by atoms with van der Waals surface area (Å²) in [5.41, 5.74) is 1.87. The molecule has 7 atom stereocenters. The predicted octanol–water partition coefficient (Wildman–Crippen LogP) is 6.03. The van der Waals surface area contributed by atoms with E-state index in [1.807, 2.05) is 36.4 Å². The Morgan fingerprint density at radius 2 is 1.73 bits per heavy atom. The molecule has 12 heteroatoms. The number of aromatic nitrogens is 1. The van der Waals surface area contributed by atoms with E-state index in [2.05, 4.69) is 26.2 Å². The number of H-pyrrole nitrogens is 1. The van der Waals surface area contributed by atoms with Gasteiger partial charge >= 0.3 is 4.87 Å². The van der Waals surface area contributed by atoms with E-state index in [1.54, 1.807) is 23.9 Å². The zero-order valence-corrected chi connectivity index (χ0v) is 26.7. The summed E-state index contributed by atoms with van der Waals surface area (Å²) in [4.78, 5) is 58.2.